The number of nitrogens with one attached hydrogen (secondary N) is 1. The number of hydrogen-bond donors (Lipinski definition) is 1. The van der Waals surface area contributed by atoms with Gasteiger partial charge in [-0.15, -0.1) is 0 Å². The molecular formula is C21H24ClF3N4O2. The van der Waals surface area contributed by atoms with E-state index in [1.54, 1.807) is 29.2 Å². The number of carbonyl (C=O) groups excluding carboxylic acids is 1. The van der Waals surface area contributed by atoms with Crippen molar-refractivity contribution in [3.05, 3.63) is 40.5 Å². The first-order chi connectivity index (χ1) is 14.7. The lowest BCUT2D eigenvalue weighted by molar-refractivity contribution is -0.173. The quantitative estimate of drug-likeness (QED) is 0.688. The van der Waals surface area contributed by atoms with E-state index in [-0.39, 0.29) is 29.0 Å². The Hall–Kier alpha value is -2.42. The molecule has 2 aliphatic heterocycles. The van der Waals surface area contributed by atoms with Gasteiger partial charge >= 0.3 is 6.18 Å². The molecule has 0 unspecified atom stereocenters. The van der Waals surface area contributed by atoms with Gasteiger partial charge in [0.25, 0.3) is 5.91 Å². The van der Waals surface area contributed by atoms with Crippen LogP contribution in [0.1, 0.15) is 60.7 Å². The molecule has 1 saturated heterocycles. The van der Waals surface area contributed by atoms with E-state index in [4.69, 9.17) is 16.3 Å². The molecule has 0 aliphatic carbocycles. The zero-order valence-electron chi connectivity index (χ0n) is 17.2. The SMILES string of the molecule is COc1ccc([C@H]2C[C@@H](C(F)(F)F)n3nc(C(=O)N4CCCC[C@H]4C)c(Cl)c3N2)cc1. The van der Waals surface area contributed by atoms with Crippen LogP contribution in [0, 0.1) is 0 Å². The highest BCUT2D eigenvalue weighted by Gasteiger charge is 2.48. The number of piperidine rings is 1. The molecule has 3 atom stereocenters. The van der Waals surface area contributed by atoms with Crippen molar-refractivity contribution in [2.24, 2.45) is 0 Å². The summed E-state index contributed by atoms with van der Waals surface area (Å²) in [4.78, 5) is 14.7. The Morgan fingerprint density at radius 3 is 2.58 bits per heavy atom. The van der Waals surface area contributed by atoms with E-state index < -0.39 is 24.2 Å². The van der Waals surface area contributed by atoms with Gasteiger partial charge in [-0.25, -0.2) is 4.68 Å². The van der Waals surface area contributed by atoms with Crippen molar-refractivity contribution in [3.8, 4) is 5.75 Å². The molecule has 0 bridgehead atoms. The number of carbonyl (C=O) groups is 1. The maximum absolute atomic E-state index is 13.9. The third-order valence-electron chi connectivity index (χ3n) is 6.08. The normalized spacial score (nSPS) is 23.8. The van der Waals surface area contributed by atoms with Crippen LogP contribution in [0.25, 0.3) is 0 Å². The van der Waals surface area contributed by atoms with Gasteiger partial charge in [-0.2, -0.15) is 18.3 Å². The number of rotatable bonds is 3. The molecule has 31 heavy (non-hydrogen) atoms. The van der Waals surface area contributed by atoms with E-state index in [1.807, 2.05) is 6.92 Å². The van der Waals surface area contributed by atoms with Crippen LogP contribution in [0.15, 0.2) is 24.3 Å². The summed E-state index contributed by atoms with van der Waals surface area (Å²) < 4.78 is 47.8. The number of hydrogen-bond acceptors (Lipinski definition) is 4. The van der Waals surface area contributed by atoms with Crippen molar-refractivity contribution >= 4 is 23.3 Å². The van der Waals surface area contributed by atoms with Crippen molar-refractivity contribution in [1.82, 2.24) is 14.7 Å². The lowest BCUT2D eigenvalue weighted by Crippen LogP contribution is -2.42. The summed E-state index contributed by atoms with van der Waals surface area (Å²) in [6.07, 6.45) is -2.10. The van der Waals surface area contributed by atoms with Gasteiger partial charge < -0.3 is 15.0 Å². The molecule has 168 valence electrons. The number of ether oxygens (including phenoxy) is 1. The Labute approximate surface area is 183 Å². The van der Waals surface area contributed by atoms with Crippen molar-refractivity contribution in [2.45, 2.75) is 56.9 Å². The molecule has 1 aromatic carbocycles. The molecule has 2 aromatic rings. The predicted octanol–water partition coefficient (Wildman–Crippen LogP) is 5.22. The number of nitrogens with zero attached hydrogens (tertiary/aromatic N) is 3. The first-order valence-electron chi connectivity index (χ1n) is 10.3. The van der Waals surface area contributed by atoms with E-state index in [0.717, 1.165) is 23.9 Å². The minimum atomic E-state index is -4.55. The predicted molar refractivity (Wildman–Crippen MR) is 111 cm³/mol. The van der Waals surface area contributed by atoms with E-state index in [2.05, 4.69) is 10.4 Å². The summed E-state index contributed by atoms with van der Waals surface area (Å²) in [6, 6.07) is 4.27. The number of halogens is 4. The number of likely N-dealkylation sites (tertiary alicyclic amines) is 1. The monoisotopic (exact) mass is 456 g/mol. The Balaban J connectivity index is 1.71. The van der Waals surface area contributed by atoms with Crippen LogP contribution in [-0.2, 0) is 0 Å². The van der Waals surface area contributed by atoms with Crippen LogP contribution >= 0.6 is 11.6 Å². The van der Waals surface area contributed by atoms with Crippen molar-refractivity contribution in [3.63, 3.8) is 0 Å². The molecule has 1 amide bonds. The second-order valence-electron chi connectivity index (χ2n) is 8.06. The summed E-state index contributed by atoms with van der Waals surface area (Å²) in [5.41, 5.74) is 0.527. The van der Waals surface area contributed by atoms with E-state index >= 15 is 0 Å². The van der Waals surface area contributed by atoms with Gasteiger partial charge in [-0.05, 0) is 43.9 Å². The van der Waals surface area contributed by atoms with Crippen LogP contribution in [-0.4, -0.2) is 46.5 Å². The molecule has 4 rings (SSSR count). The number of fused-ring (bicyclic) bond motifs is 1. The number of benzene rings is 1. The molecule has 0 spiro atoms. The Morgan fingerprint density at radius 1 is 1.26 bits per heavy atom. The lowest BCUT2D eigenvalue weighted by Gasteiger charge is -2.33. The molecule has 2 aliphatic rings. The van der Waals surface area contributed by atoms with Crippen LogP contribution < -0.4 is 10.1 Å². The highest BCUT2D eigenvalue weighted by molar-refractivity contribution is 6.36. The van der Waals surface area contributed by atoms with Gasteiger partial charge in [0, 0.05) is 19.0 Å². The average Bonchev–Trinajstić information content (AvgIpc) is 3.09. The van der Waals surface area contributed by atoms with E-state index in [0.29, 0.717) is 17.9 Å². The standard InChI is InChI=1S/C21H24ClF3N4O2/c1-12-5-3-4-10-28(12)20(30)18-17(22)19-26-15(13-6-8-14(31-2)9-7-13)11-16(21(23,24)25)29(19)27-18/h6-9,12,15-16,26H,3-5,10-11H2,1-2H3/t12-,15-,16+/m1/s1. The highest BCUT2D eigenvalue weighted by atomic mass is 35.5. The van der Waals surface area contributed by atoms with Crippen LogP contribution in [0.3, 0.4) is 0 Å². The fraction of sp³-hybridized carbons (Fsp3) is 0.524. The van der Waals surface area contributed by atoms with Gasteiger partial charge in [0.15, 0.2) is 11.7 Å². The first-order valence-corrected chi connectivity index (χ1v) is 10.6. The van der Waals surface area contributed by atoms with Crippen LogP contribution in [0.5, 0.6) is 5.75 Å². The van der Waals surface area contributed by atoms with E-state index in [1.165, 1.54) is 7.11 Å². The Bertz CT molecular complexity index is 961. The third kappa shape index (κ3) is 4.07. The largest absolute Gasteiger partial charge is 0.497 e. The van der Waals surface area contributed by atoms with Gasteiger partial charge in [-0.3, -0.25) is 4.79 Å². The molecule has 1 aromatic heterocycles. The first kappa shape index (κ1) is 21.8. The number of aromatic nitrogens is 2. The second-order valence-corrected chi connectivity index (χ2v) is 8.44. The van der Waals surface area contributed by atoms with Crippen molar-refractivity contribution in [1.29, 1.82) is 0 Å². The molecule has 6 nitrogen and oxygen atoms in total. The highest BCUT2D eigenvalue weighted by Crippen LogP contribution is 2.46. The minimum Gasteiger partial charge on any atom is -0.497 e. The zero-order valence-corrected chi connectivity index (χ0v) is 18.0. The Kier molecular flexibility index (Phi) is 5.81. The molecule has 1 N–H and O–H groups in total. The number of methoxy groups -OCH3 is 1. The molecule has 0 radical (unpaired) electrons. The maximum atomic E-state index is 13.9. The average molecular weight is 457 g/mol. The third-order valence-corrected chi connectivity index (χ3v) is 6.44. The van der Waals surface area contributed by atoms with Gasteiger partial charge in [0.2, 0.25) is 0 Å². The fourth-order valence-corrected chi connectivity index (χ4v) is 4.58. The number of amides is 1. The fourth-order valence-electron chi connectivity index (χ4n) is 4.32. The number of anilines is 1. The molecular weight excluding hydrogens is 433 g/mol. The van der Waals surface area contributed by atoms with Crippen molar-refractivity contribution < 1.29 is 22.7 Å². The lowest BCUT2D eigenvalue weighted by atomic mass is 9.97. The molecule has 10 heteroatoms. The van der Waals surface area contributed by atoms with Crippen molar-refractivity contribution in [2.75, 3.05) is 19.0 Å². The Morgan fingerprint density at radius 2 is 1.97 bits per heavy atom. The maximum Gasteiger partial charge on any atom is 0.410 e. The van der Waals surface area contributed by atoms with Gasteiger partial charge in [0.05, 0.1) is 13.2 Å². The van der Waals surface area contributed by atoms with Crippen LogP contribution in [0.4, 0.5) is 19.0 Å². The molecule has 3 heterocycles. The van der Waals surface area contributed by atoms with Crippen LogP contribution in [0.2, 0.25) is 5.02 Å². The number of alkyl halides is 3. The summed E-state index contributed by atoms with van der Waals surface area (Å²) in [6.45, 7) is 2.47. The minimum absolute atomic E-state index is 0.00513. The van der Waals surface area contributed by atoms with E-state index in [9.17, 15) is 18.0 Å². The summed E-state index contributed by atoms with van der Waals surface area (Å²) in [5, 5.41) is 7.05. The second kappa shape index (κ2) is 8.26. The summed E-state index contributed by atoms with van der Waals surface area (Å²) >= 11 is 6.44. The molecule has 0 saturated carbocycles. The smallest absolute Gasteiger partial charge is 0.410 e. The summed E-state index contributed by atoms with van der Waals surface area (Å²) in [5.74, 6) is 0.199. The van der Waals surface area contributed by atoms with Gasteiger partial charge in [-0.1, -0.05) is 23.7 Å². The van der Waals surface area contributed by atoms with Gasteiger partial charge in [0.1, 0.15) is 16.6 Å². The molecule has 1 fully saturated rings. The zero-order chi connectivity index (χ0) is 22.3. The topological polar surface area (TPSA) is 59.4 Å². The summed E-state index contributed by atoms with van der Waals surface area (Å²) in [7, 11) is 1.52.